The van der Waals surface area contributed by atoms with Crippen molar-refractivity contribution in [2.75, 3.05) is 6.67 Å². The highest BCUT2D eigenvalue weighted by atomic mass is 32.1. The molecule has 8 aromatic carbocycles. The summed E-state index contributed by atoms with van der Waals surface area (Å²) in [7, 11) is 0. The summed E-state index contributed by atoms with van der Waals surface area (Å²) < 4.78 is 13.3. The van der Waals surface area contributed by atoms with E-state index in [1.54, 1.807) is 0 Å². The molecule has 3 N–H and O–H groups in total. The number of thiophene rings is 1. The van der Waals surface area contributed by atoms with E-state index in [0.717, 1.165) is 52.2 Å². The summed E-state index contributed by atoms with van der Waals surface area (Å²) in [6.07, 6.45) is 6.43. The van der Waals surface area contributed by atoms with Crippen molar-refractivity contribution in [2.24, 2.45) is 5.73 Å². The van der Waals surface area contributed by atoms with Gasteiger partial charge in [0.15, 0.2) is 5.58 Å². The number of aryl methyl sites for hydroxylation is 1. The highest BCUT2D eigenvalue weighted by molar-refractivity contribution is 7.19. The molecule has 1 aliphatic rings. The number of rotatable bonds is 6. The van der Waals surface area contributed by atoms with Gasteiger partial charge >= 0.3 is 0 Å². The van der Waals surface area contributed by atoms with Crippen molar-refractivity contribution in [1.29, 1.82) is 0 Å². The predicted octanol–water partition coefficient (Wildman–Crippen LogP) is 13.7. The number of nitrogens with two attached hydrogens (primary N) is 1. The normalized spacial score (nSPS) is 13.6. The average Bonchev–Trinajstić information content (AvgIpc) is 4.06. The Kier molecular flexibility index (Phi) is 7.37. The van der Waals surface area contributed by atoms with Crippen molar-refractivity contribution in [3.8, 4) is 11.4 Å². The Bertz CT molecular complexity index is 3750. The van der Waals surface area contributed by atoms with E-state index in [2.05, 4.69) is 184 Å². The zero-order valence-electron chi connectivity index (χ0n) is 32.7. The largest absolute Gasteiger partial charge is 0.458 e. The number of benzene rings is 8. The first kappa shape index (κ1) is 34.0. The highest BCUT2D eigenvalue weighted by Gasteiger charge is 2.31. The number of hydrogen-bond acceptors (Lipinski definition) is 4. The second-order valence-corrected chi connectivity index (χ2v) is 17.1. The Morgan fingerprint density at radius 1 is 0.617 bits per heavy atom. The summed E-state index contributed by atoms with van der Waals surface area (Å²) in [6, 6.07) is 57.4. The van der Waals surface area contributed by atoms with Crippen molar-refractivity contribution in [3.05, 3.63) is 186 Å². The topological polar surface area (TPSA) is 61.0 Å². The fourth-order valence-electron chi connectivity index (χ4n) is 10.4. The maximum Gasteiger partial charge on any atom is 0.160 e. The predicted molar refractivity (Wildman–Crippen MR) is 253 cm³/mol. The lowest BCUT2D eigenvalue weighted by molar-refractivity contribution is 0.548. The van der Waals surface area contributed by atoms with Crippen LogP contribution < -0.4 is 11.1 Å². The van der Waals surface area contributed by atoms with Gasteiger partial charge in [-0.3, -0.25) is 5.32 Å². The molecule has 12 aromatic rings. The smallest absolute Gasteiger partial charge is 0.160 e. The Morgan fingerprint density at radius 3 is 2.17 bits per heavy atom. The number of fused-ring (bicyclic) bond motifs is 16. The van der Waals surface area contributed by atoms with Crippen LogP contribution in [0.5, 0.6) is 0 Å². The molecule has 5 nitrogen and oxygen atoms in total. The lowest BCUT2D eigenvalue weighted by Crippen LogP contribution is -2.28. The minimum absolute atomic E-state index is 0.222. The van der Waals surface area contributed by atoms with Gasteiger partial charge in [0.1, 0.15) is 5.76 Å². The Morgan fingerprint density at radius 2 is 1.32 bits per heavy atom. The minimum atomic E-state index is -0.222. The SMILES string of the molecule is NCNC(c1ccc2c3ccccc3n(-c3ccccc3)c2c1)c1sc2ccccc2c1-n1c2c3ccccc3ccc2c2c3ccccc3c3c4c(oc3c21)CCC=C4. The first-order valence-electron chi connectivity index (χ1n) is 20.8. The molecule has 1 unspecified atom stereocenters. The molecule has 0 saturated carbocycles. The van der Waals surface area contributed by atoms with E-state index in [0.29, 0.717) is 6.67 Å². The zero-order chi connectivity index (χ0) is 39.5. The molecule has 4 aromatic heterocycles. The molecule has 1 atom stereocenters. The third kappa shape index (κ3) is 4.69. The van der Waals surface area contributed by atoms with Gasteiger partial charge in [0, 0.05) is 66.7 Å². The highest BCUT2D eigenvalue weighted by Crippen LogP contribution is 2.51. The van der Waals surface area contributed by atoms with Crippen molar-refractivity contribution < 1.29 is 4.42 Å². The zero-order valence-corrected chi connectivity index (χ0v) is 33.5. The Balaban J connectivity index is 1.19. The first-order valence-corrected chi connectivity index (χ1v) is 21.6. The van der Waals surface area contributed by atoms with Gasteiger partial charge in [0.05, 0.1) is 38.7 Å². The minimum Gasteiger partial charge on any atom is -0.458 e. The third-order valence-electron chi connectivity index (χ3n) is 12.8. The summed E-state index contributed by atoms with van der Waals surface area (Å²) in [4.78, 5) is 1.20. The number of hydrogen-bond donors (Lipinski definition) is 2. The molecular formula is C54H38N4OS. The molecule has 0 saturated heterocycles. The second-order valence-electron chi connectivity index (χ2n) is 16.0. The van der Waals surface area contributed by atoms with Crippen LogP contribution in [-0.4, -0.2) is 15.8 Å². The molecule has 0 bridgehead atoms. The molecule has 0 amide bonds. The first-order chi connectivity index (χ1) is 29.8. The van der Waals surface area contributed by atoms with E-state index < -0.39 is 0 Å². The average molecular weight is 791 g/mol. The third-order valence-corrected chi connectivity index (χ3v) is 14.1. The number of nitrogens with zero attached hydrogens (tertiary/aromatic N) is 2. The van der Waals surface area contributed by atoms with Gasteiger partial charge in [-0.05, 0) is 58.5 Å². The van der Waals surface area contributed by atoms with Gasteiger partial charge in [-0.1, -0.05) is 140 Å². The molecule has 0 aliphatic heterocycles. The molecule has 286 valence electrons. The van der Waals surface area contributed by atoms with Gasteiger partial charge < -0.3 is 19.3 Å². The van der Waals surface area contributed by atoms with Gasteiger partial charge in [0.2, 0.25) is 0 Å². The summed E-state index contributed by atoms with van der Waals surface area (Å²) in [5.74, 6) is 1.06. The molecular weight excluding hydrogens is 753 g/mol. The number of furan rings is 1. The molecule has 6 heteroatoms. The fraction of sp³-hybridized carbons (Fsp3) is 0.0741. The molecule has 0 fully saturated rings. The van der Waals surface area contributed by atoms with Crippen molar-refractivity contribution >= 4 is 104 Å². The number of allylic oxidation sites excluding steroid dienone is 1. The van der Waals surface area contributed by atoms with Crippen molar-refractivity contribution in [3.63, 3.8) is 0 Å². The summed E-state index contributed by atoms with van der Waals surface area (Å²) >= 11 is 1.85. The van der Waals surface area contributed by atoms with Crippen molar-refractivity contribution in [2.45, 2.75) is 18.9 Å². The van der Waals surface area contributed by atoms with E-state index in [1.165, 1.54) is 80.0 Å². The Labute approximate surface area is 349 Å². The van der Waals surface area contributed by atoms with E-state index in [9.17, 15) is 0 Å². The van der Waals surface area contributed by atoms with Crippen LogP contribution in [0.4, 0.5) is 0 Å². The molecule has 0 spiro atoms. The Hall–Kier alpha value is -6.96. The van der Waals surface area contributed by atoms with E-state index >= 15 is 0 Å². The van der Waals surface area contributed by atoms with Crippen LogP contribution in [0.1, 0.15) is 34.2 Å². The van der Waals surface area contributed by atoms with Gasteiger partial charge in [-0.25, -0.2) is 0 Å². The van der Waals surface area contributed by atoms with Crippen molar-refractivity contribution in [1.82, 2.24) is 14.5 Å². The lowest BCUT2D eigenvalue weighted by Gasteiger charge is -2.21. The maximum atomic E-state index is 7.16. The molecule has 13 rings (SSSR count). The summed E-state index contributed by atoms with van der Waals surface area (Å²) in [6.45, 7) is 0.306. The van der Waals surface area contributed by atoms with Crippen LogP contribution in [0, 0.1) is 0 Å². The van der Waals surface area contributed by atoms with Gasteiger partial charge in [-0.2, -0.15) is 0 Å². The quantitative estimate of drug-likeness (QED) is 0.165. The molecule has 4 heterocycles. The van der Waals surface area contributed by atoms with E-state index in [1.807, 2.05) is 11.3 Å². The van der Waals surface area contributed by atoms with Crippen LogP contribution in [0.2, 0.25) is 0 Å². The summed E-state index contributed by atoms with van der Waals surface area (Å²) in [5, 5.41) is 16.0. The lowest BCUT2D eigenvalue weighted by atomic mass is 9.95. The maximum absolute atomic E-state index is 7.16. The fourth-order valence-corrected chi connectivity index (χ4v) is 11.7. The van der Waals surface area contributed by atoms with E-state index in [4.69, 9.17) is 10.2 Å². The standard InChI is InChI=1S/C54H38N4OS/c55-31-56-49(33-27-28-37-36-18-8-11-23-43(36)57(44(37)30-33)34-15-2-1-3-16-34)54-51(41-22-10-13-25-46(41)60-54)58-50-35-17-5-4-14-32(35)26-29-42(50)47-38-19-6-7-20-39(38)48-40-21-9-12-24-45(40)59-53(48)52(47)58/h1-11,13-23,25-30,49,56H,12,24,31,55H2. The van der Waals surface area contributed by atoms with Crippen LogP contribution in [0.25, 0.3) is 104 Å². The van der Waals surface area contributed by atoms with E-state index in [-0.39, 0.29) is 6.04 Å². The monoisotopic (exact) mass is 790 g/mol. The second kappa shape index (κ2) is 13.0. The van der Waals surface area contributed by atoms with Crippen LogP contribution in [-0.2, 0) is 6.42 Å². The number of nitrogens with one attached hydrogen (secondary N) is 1. The van der Waals surface area contributed by atoms with Gasteiger partial charge in [0.25, 0.3) is 0 Å². The molecule has 60 heavy (non-hydrogen) atoms. The van der Waals surface area contributed by atoms with Crippen LogP contribution in [0.15, 0.2) is 168 Å². The van der Waals surface area contributed by atoms with Crippen LogP contribution >= 0.6 is 11.3 Å². The van der Waals surface area contributed by atoms with Gasteiger partial charge in [-0.15, -0.1) is 11.3 Å². The number of para-hydroxylation sites is 2. The molecule has 0 radical (unpaired) electrons. The summed E-state index contributed by atoms with van der Waals surface area (Å²) in [5.41, 5.74) is 16.8. The molecule has 1 aliphatic carbocycles. The number of aromatic nitrogens is 2. The van der Waals surface area contributed by atoms with Crippen LogP contribution in [0.3, 0.4) is 0 Å².